The molecule has 1 aliphatic heterocycles. The van der Waals surface area contributed by atoms with Gasteiger partial charge in [0.25, 0.3) is 0 Å². The van der Waals surface area contributed by atoms with E-state index in [2.05, 4.69) is 14.8 Å². The summed E-state index contributed by atoms with van der Waals surface area (Å²) in [5.41, 5.74) is 1.09. The van der Waals surface area contributed by atoms with Gasteiger partial charge in [0.1, 0.15) is 0 Å². The van der Waals surface area contributed by atoms with Gasteiger partial charge in [0.2, 0.25) is 0 Å². The highest BCUT2D eigenvalue weighted by Crippen LogP contribution is 2.69. The summed E-state index contributed by atoms with van der Waals surface area (Å²) in [5, 5.41) is 1.68. The quantitative estimate of drug-likeness (QED) is 0.670. The summed E-state index contributed by atoms with van der Waals surface area (Å²) in [7, 11) is -0.311. The third-order valence-corrected chi connectivity index (χ3v) is 6.74. The van der Waals surface area contributed by atoms with Gasteiger partial charge in [0.15, 0.2) is 0 Å². The van der Waals surface area contributed by atoms with Crippen molar-refractivity contribution in [1.29, 1.82) is 0 Å². The monoisotopic (exact) mass is 272 g/mol. The van der Waals surface area contributed by atoms with Gasteiger partial charge >= 0.3 is 5.30 Å². The molecule has 0 amide bonds. The summed E-state index contributed by atoms with van der Waals surface area (Å²) in [6, 6.07) is 7.83. The van der Waals surface area contributed by atoms with Crippen molar-refractivity contribution >= 4 is 34.7 Å². The summed E-state index contributed by atoms with van der Waals surface area (Å²) in [6.07, 6.45) is 1.95. The number of carbonyl (C=O) groups excluding carboxylic acids is 1. The van der Waals surface area contributed by atoms with Gasteiger partial charge in [0, 0.05) is 4.90 Å². The molecule has 1 aliphatic rings. The SMILES string of the molecule is COC(=O)S1(Br)C=Cc2ccccc21. The molecule has 1 aromatic carbocycles. The normalized spacial score (nSPS) is 27.9. The topological polar surface area (TPSA) is 26.3 Å². The lowest BCUT2D eigenvalue weighted by Gasteiger charge is -2.23. The van der Waals surface area contributed by atoms with Crippen LogP contribution in [0.1, 0.15) is 5.56 Å². The van der Waals surface area contributed by atoms with Crippen LogP contribution in [0.15, 0.2) is 34.6 Å². The summed E-state index contributed by atoms with van der Waals surface area (Å²) < 4.78 is 4.79. The summed E-state index contributed by atoms with van der Waals surface area (Å²) in [4.78, 5) is 12.6. The Morgan fingerprint density at radius 3 is 2.86 bits per heavy atom. The lowest BCUT2D eigenvalue weighted by molar-refractivity contribution is 0.200. The third-order valence-electron chi connectivity index (χ3n) is 2.08. The van der Waals surface area contributed by atoms with Crippen LogP contribution >= 0.6 is 23.3 Å². The number of ether oxygens (including phenoxy) is 1. The van der Waals surface area contributed by atoms with Crippen LogP contribution in [0.25, 0.3) is 6.08 Å². The van der Waals surface area contributed by atoms with Crippen molar-refractivity contribution in [2.45, 2.75) is 4.90 Å². The second-order valence-corrected chi connectivity index (χ2v) is 8.15. The van der Waals surface area contributed by atoms with Crippen molar-refractivity contribution < 1.29 is 9.53 Å². The molecule has 2 rings (SSSR count). The van der Waals surface area contributed by atoms with Crippen molar-refractivity contribution in [3.63, 3.8) is 0 Å². The number of carbonyl (C=O) groups is 1. The van der Waals surface area contributed by atoms with Gasteiger partial charge in [-0.1, -0.05) is 18.2 Å². The Hall–Kier alpha value is -0.740. The van der Waals surface area contributed by atoms with Crippen molar-refractivity contribution in [1.82, 2.24) is 0 Å². The zero-order valence-corrected chi connectivity index (χ0v) is 9.97. The van der Waals surface area contributed by atoms with Crippen molar-refractivity contribution in [3.8, 4) is 0 Å². The Bertz CT molecular complexity index is 416. The Morgan fingerprint density at radius 2 is 2.14 bits per heavy atom. The molecule has 0 spiro atoms. The first-order chi connectivity index (χ1) is 6.68. The van der Waals surface area contributed by atoms with Gasteiger partial charge in [-0.25, -0.2) is 4.79 Å². The van der Waals surface area contributed by atoms with E-state index in [-0.39, 0.29) is 5.30 Å². The minimum Gasteiger partial charge on any atom is -0.461 e. The highest BCUT2D eigenvalue weighted by molar-refractivity contribution is 9.61. The summed E-state index contributed by atoms with van der Waals surface area (Å²) in [5.74, 6) is 0. The van der Waals surface area contributed by atoms with Crippen LogP contribution in [0.4, 0.5) is 4.79 Å². The van der Waals surface area contributed by atoms with Crippen molar-refractivity contribution in [3.05, 3.63) is 35.2 Å². The number of rotatable bonds is 0. The van der Waals surface area contributed by atoms with Crippen LogP contribution in [0.3, 0.4) is 0 Å². The largest absolute Gasteiger partial charge is 0.461 e. The van der Waals surface area contributed by atoms with E-state index in [0.717, 1.165) is 10.5 Å². The van der Waals surface area contributed by atoms with Crippen LogP contribution in [0.2, 0.25) is 0 Å². The number of hydrogen-bond acceptors (Lipinski definition) is 2. The number of hydrogen-bond donors (Lipinski definition) is 0. The zero-order valence-electron chi connectivity index (χ0n) is 7.57. The molecule has 4 heteroatoms. The Labute approximate surface area is 91.5 Å². The molecule has 0 N–H and O–H groups in total. The number of halogens is 1. The predicted octanol–water partition coefficient (Wildman–Crippen LogP) is 3.91. The molecule has 0 radical (unpaired) electrons. The van der Waals surface area contributed by atoms with Gasteiger partial charge in [-0.3, -0.25) is 0 Å². The van der Waals surface area contributed by atoms with Crippen molar-refractivity contribution in [2.75, 3.05) is 7.11 Å². The van der Waals surface area contributed by atoms with E-state index in [0.29, 0.717) is 0 Å². The molecule has 0 saturated carbocycles. The first kappa shape index (κ1) is 9.80. The minimum absolute atomic E-state index is 0.210. The Balaban J connectivity index is 2.52. The fourth-order valence-corrected chi connectivity index (χ4v) is 4.77. The molecule has 0 fully saturated rings. The van der Waals surface area contributed by atoms with Crippen LogP contribution in [0.5, 0.6) is 0 Å². The molecule has 1 atom stereocenters. The maximum atomic E-state index is 11.6. The highest BCUT2D eigenvalue weighted by Gasteiger charge is 2.35. The second-order valence-electron chi connectivity index (χ2n) is 2.88. The number of benzene rings is 1. The molecule has 1 heterocycles. The van der Waals surface area contributed by atoms with Crippen LogP contribution in [0, 0.1) is 0 Å². The lowest BCUT2D eigenvalue weighted by Crippen LogP contribution is -2.03. The molecule has 1 aromatic rings. The molecule has 2 nitrogen and oxygen atoms in total. The maximum Gasteiger partial charge on any atom is 0.366 e. The molecule has 0 saturated heterocycles. The first-order valence-electron chi connectivity index (χ1n) is 4.06. The molecule has 0 bridgehead atoms. The molecule has 14 heavy (non-hydrogen) atoms. The minimum atomic E-state index is -1.72. The number of methoxy groups -OCH3 is 1. The van der Waals surface area contributed by atoms with E-state index in [1.165, 1.54) is 7.11 Å². The second kappa shape index (κ2) is 3.44. The molecular formula is C10H9BrO2S. The lowest BCUT2D eigenvalue weighted by atomic mass is 10.2. The van der Waals surface area contributed by atoms with Gasteiger partial charge in [-0.2, -0.15) is 0 Å². The average molecular weight is 273 g/mol. The van der Waals surface area contributed by atoms with E-state index >= 15 is 0 Å². The van der Waals surface area contributed by atoms with Gasteiger partial charge in [0.05, 0.1) is 7.11 Å². The first-order valence-corrected chi connectivity index (χ1v) is 7.60. The smallest absolute Gasteiger partial charge is 0.366 e. The molecular weight excluding hydrogens is 264 g/mol. The van der Waals surface area contributed by atoms with Gasteiger partial charge in [-0.05, 0) is 46.4 Å². The Morgan fingerprint density at radius 1 is 1.43 bits per heavy atom. The summed E-state index contributed by atoms with van der Waals surface area (Å²) >= 11 is 3.49. The van der Waals surface area contributed by atoms with Crippen LogP contribution in [-0.4, -0.2) is 12.4 Å². The van der Waals surface area contributed by atoms with Crippen LogP contribution < -0.4 is 0 Å². The molecule has 0 aliphatic carbocycles. The fourth-order valence-electron chi connectivity index (χ4n) is 1.40. The van der Waals surface area contributed by atoms with E-state index in [1.807, 2.05) is 35.7 Å². The Kier molecular flexibility index (Phi) is 2.41. The maximum absolute atomic E-state index is 11.6. The van der Waals surface area contributed by atoms with E-state index in [1.54, 1.807) is 0 Å². The highest BCUT2D eigenvalue weighted by atomic mass is 79.9. The zero-order chi connectivity index (χ0) is 10.2. The fraction of sp³-hybridized carbons (Fsp3) is 0.100. The molecule has 1 unspecified atom stereocenters. The van der Waals surface area contributed by atoms with E-state index < -0.39 is 8.46 Å². The molecule has 0 aromatic heterocycles. The summed E-state index contributed by atoms with van der Waals surface area (Å²) in [6.45, 7) is 0. The van der Waals surface area contributed by atoms with E-state index in [4.69, 9.17) is 4.74 Å². The molecule has 74 valence electrons. The van der Waals surface area contributed by atoms with Crippen molar-refractivity contribution in [2.24, 2.45) is 0 Å². The average Bonchev–Trinajstić information content (AvgIpc) is 2.58. The van der Waals surface area contributed by atoms with Gasteiger partial charge < -0.3 is 4.74 Å². The standard InChI is InChI=1S/C10H9BrO2S/c1-13-10(12)14(11)7-6-8-4-2-3-5-9(8)14/h2-7H,1H3. The predicted molar refractivity (Wildman–Crippen MR) is 62.7 cm³/mol. The third kappa shape index (κ3) is 1.29. The van der Waals surface area contributed by atoms with Gasteiger partial charge in [-0.15, -0.1) is 0 Å². The van der Waals surface area contributed by atoms with Crippen LogP contribution in [-0.2, 0) is 4.74 Å². The number of fused-ring (bicyclic) bond motifs is 1. The van der Waals surface area contributed by atoms with E-state index in [9.17, 15) is 4.79 Å².